The van der Waals surface area contributed by atoms with Gasteiger partial charge in [0.25, 0.3) is 0 Å². The van der Waals surface area contributed by atoms with E-state index >= 15 is 0 Å². The summed E-state index contributed by atoms with van der Waals surface area (Å²) in [6.45, 7) is 6.45. The van der Waals surface area contributed by atoms with Crippen LogP contribution in [0.3, 0.4) is 0 Å². The minimum absolute atomic E-state index is 0.0841. The van der Waals surface area contributed by atoms with Crippen molar-refractivity contribution in [3.8, 4) is 0 Å². The van der Waals surface area contributed by atoms with Crippen LogP contribution in [0.15, 0.2) is 122 Å². The second-order valence-electron chi connectivity index (χ2n) is 23.1. The van der Waals surface area contributed by atoms with Crippen molar-refractivity contribution in [1.82, 2.24) is 0 Å². The van der Waals surface area contributed by atoms with Crippen LogP contribution >= 0.6 is 0 Å². The first-order valence-corrected chi connectivity index (χ1v) is 35.0. The molecule has 0 saturated heterocycles. The van der Waals surface area contributed by atoms with Gasteiger partial charge in [-0.15, -0.1) is 0 Å². The maximum Gasteiger partial charge on any atom is 0.306 e. The van der Waals surface area contributed by atoms with Crippen molar-refractivity contribution >= 4 is 17.9 Å². The highest BCUT2D eigenvalue weighted by Gasteiger charge is 2.19. The van der Waals surface area contributed by atoms with Gasteiger partial charge < -0.3 is 14.2 Å². The van der Waals surface area contributed by atoms with Gasteiger partial charge in [-0.3, -0.25) is 14.4 Å². The molecule has 1 unspecified atom stereocenters. The van der Waals surface area contributed by atoms with Crippen molar-refractivity contribution in [3.05, 3.63) is 122 Å². The molecule has 0 aliphatic rings. The van der Waals surface area contributed by atoms with E-state index in [-0.39, 0.29) is 31.1 Å². The lowest BCUT2D eigenvalue weighted by Crippen LogP contribution is -2.30. The van der Waals surface area contributed by atoms with Crippen molar-refractivity contribution < 1.29 is 28.6 Å². The van der Waals surface area contributed by atoms with E-state index in [0.29, 0.717) is 19.3 Å². The molecule has 0 radical (unpaired) electrons. The van der Waals surface area contributed by atoms with Crippen LogP contribution in [0.2, 0.25) is 0 Å². The second-order valence-corrected chi connectivity index (χ2v) is 23.1. The summed E-state index contributed by atoms with van der Waals surface area (Å²) in [6.07, 6.45) is 97.9. The molecule has 0 heterocycles. The number of hydrogen-bond donors (Lipinski definition) is 0. The van der Waals surface area contributed by atoms with Crippen LogP contribution in [-0.2, 0) is 28.6 Å². The SMILES string of the molecule is CC/C=C\C/C=C\C/C=C\C/C=C\C/C=C\C/C=C\CCCCCCCCCCCCCCCCC(=O)OCC(COC(=O)CCCCCCC/C=C\C/C=C\CCC)OC(=O)CCCCCCCCCCC/C=C\C/C=C\CCCCC. The molecular weight excluding hydrogens is 1020 g/mol. The van der Waals surface area contributed by atoms with Crippen LogP contribution in [0.4, 0.5) is 0 Å². The fraction of sp³-hybridized carbons (Fsp3) is 0.701. The summed E-state index contributed by atoms with van der Waals surface area (Å²) in [5.41, 5.74) is 0. The lowest BCUT2D eigenvalue weighted by atomic mass is 10.0. The average molecular weight is 1150 g/mol. The topological polar surface area (TPSA) is 78.9 Å². The van der Waals surface area contributed by atoms with E-state index in [1.165, 1.54) is 154 Å². The molecule has 0 N–H and O–H groups in total. The summed E-state index contributed by atoms with van der Waals surface area (Å²) >= 11 is 0. The molecule has 6 nitrogen and oxygen atoms in total. The van der Waals surface area contributed by atoms with Crippen LogP contribution in [0.5, 0.6) is 0 Å². The number of ether oxygens (including phenoxy) is 3. The number of rotatable bonds is 63. The number of carbonyl (C=O) groups is 3. The van der Waals surface area contributed by atoms with Crippen molar-refractivity contribution in [2.45, 2.75) is 335 Å². The van der Waals surface area contributed by atoms with Crippen LogP contribution in [0.25, 0.3) is 0 Å². The minimum atomic E-state index is -0.789. The Morgan fingerprint density at radius 2 is 0.494 bits per heavy atom. The zero-order valence-electron chi connectivity index (χ0n) is 54.4. The van der Waals surface area contributed by atoms with Crippen LogP contribution < -0.4 is 0 Å². The summed E-state index contributed by atoms with van der Waals surface area (Å²) < 4.78 is 16.9. The highest BCUT2D eigenvalue weighted by molar-refractivity contribution is 5.71. The second kappa shape index (κ2) is 70.3. The molecule has 0 rings (SSSR count). The van der Waals surface area contributed by atoms with E-state index in [1.807, 2.05) is 0 Å². The molecule has 0 fully saturated rings. The predicted octanol–water partition coefficient (Wildman–Crippen LogP) is 24.3. The van der Waals surface area contributed by atoms with E-state index in [4.69, 9.17) is 14.2 Å². The Labute approximate surface area is 513 Å². The van der Waals surface area contributed by atoms with Crippen LogP contribution in [-0.4, -0.2) is 37.2 Å². The predicted molar refractivity (Wildman–Crippen MR) is 362 cm³/mol. The van der Waals surface area contributed by atoms with Gasteiger partial charge in [0.05, 0.1) is 0 Å². The van der Waals surface area contributed by atoms with Gasteiger partial charge in [0.1, 0.15) is 13.2 Å². The summed E-state index contributed by atoms with van der Waals surface area (Å²) in [7, 11) is 0. The quantitative estimate of drug-likeness (QED) is 0.0261. The molecule has 0 aliphatic carbocycles. The number of unbranched alkanes of at least 4 members (excludes halogenated alkanes) is 32. The third-order valence-corrected chi connectivity index (χ3v) is 14.9. The summed E-state index contributed by atoms with van der Waals surface area (Å²) in [4.78, 5) is 38.4. The fourth-order valence-corrected chi connectivity index (χ4v) is 9.69. The Hall–Kier alpha value is -4.19. The molecule has 0 aromatic heterocycles. The van der Waals surface area contributed by atoms with Gasteiger partial charge in [-0.05, 0) is 128 Å². The highest BCUT2D eigenvalue weighted by Crippen LogP contribution is 2.17. The molecule has 83 heavy (non-hydrogen) atoms. The first-order valence-electron chi connectivity index (χ1n) is 35.0. The molecule has 1 atom stereocenters. The zero-order chi connectivity index (χ0) is 59.9. The average Bonchev–Trinajstić information content (AvgIpc) is 3.49. The monoisotopic (exact) mass is 1150 g/mol. The van der Waals surface area contributed by atoms with Gasteiger partial charge in [-0.2, -0.15) is 0 Å². The molecular formula is C77H130O6. The van der Waals surface area contributed by atoms with Gasteiger partial charge in [0.2, 0.25) is 0 Å². The zero-order valence-corrected chi connectivity index (χ0v) is 54.4. The van der Waals surface area contributed by atoms with E-state index < -0.39 is 6.10 Å². The number of allylic oxidation sites excluding steroid dienone is 20. The standard InChI is InChI=1S/C77H130O6/c1-4-7-10-13-16-19-22-25-27-29-31-32-33-34-35-36-37-38-39-40-41-42-43-44-46-47-49-52-55-58-61-64-67-70-76(79)82-73-74(72-81-75(78)69-66-63-60-57-54-51-24-21-18-15-12-9-6-3)83-77(80)71-68-65-62-59-56-53-50-48-45-30-28-26-23-20-17-14-11-8-5-2/h7,10,12,15-17,19-21,24-28,31-32,34-35,37-38,74H,4-6,8-9,11,13-14,18,22-23,29-30,33,36,39-73H2,1-3H3/b10-7-,15-12-,19-16-,20-17-,24-21-,27-25-,28-26-,32-31-,35-34-,38-37-. The molecule has 0 spiro atoms. The normalized spacial score (nSPS) is 12.9. The van der Waals surface area contributed by atoms with Crippen molar-refractivity contribution in [1.29, 1.82) is 0 Å². The number of esters is 3. The molecule has 6 heteroatoms. The van der Waals surface area contributed by atoms with E-state index in [9.17, 15) is 14.4 Å². The molecule has 474 valence electrons. The molecule has 0 aromatic carbocycles. The smallest absolute Gasteiger partial charge is 0.306 e. The molecule has 0 aromatic rings. The minimum Gasteiger partial charge on any atom is -0.462 e. The van der Waals surface area contributed by atoms with E-state index in [1.54, 1.807) is 0 Å². The first kappa shape index (κ1) is 78.8. The van der Waals surface area contributed by atoms with Crippen LogP contribution in [0, 0.1) is 0 Å². The van der Waals surface area contributed by atoms with Gasteiger partial charge in [0, 0.05) is 19.3 Å². The van der Waals surface area contributed by atoms with Crippen molar-refractivity contribution in [2.24, 2.45) is 0 Å². The van der Waals surface area contributed by atoms with Crippen molar-refractivity contribution in [3.63, 3.8) is 0 Å². The van der Waals surface area contributed by atoms with Gasteiger partial charge >= 0.3 is 17.9 Å². The van der Waals surface area contributed by atoms with Gasteiger partial charge in [0.15, 0.2) is 6.10 Å². The van der Waals surface area contributed by atoms with E-state index in [2.05, 4.69) is 142 Å². The summed E-state index contributed by atoms with van der Waals surface area (Å²) in [5, 5.41) is 0. The van der Waals surface area contributed by atoms with Gasteiger partial charge in [-0.1, -0.05) is 303 Å². The fourth-order valence-electron chi connectivity index (χ4n) is 9.69. The summed E-state index contributed by atoms with van der Waals surface area (Å²) in [6, 6.07) is 0. The lowest BCUT2D eigenvalue weighted by Gasteiger charge is -2.18. The third kappa shape index (κ3) is 68.5. The molecule has 0 saturated carbocycles. The van der Waals surface area contributed by atoms with Crippen LogP contribution in [0.1, 0.15) is 329 Å². The lowest BCUT2D eigenvalue weighted by molar-refractivity contribution is -0.167. The Morgan fingerprint density at radius 3 is 0.783 bits per heavy atom. The number of carbonyl (C=O) groups excluding carboxylic acids is 3. The first-order chi connectivity index (χ1) is 41.0. The van der Waals surface area contributed by atoms with E-state index in [0.717, 1.165) is 135 Å². The van der Waals surface area contributed by atoms with Crippen molar-refractivity contribution in [2.75, 3.05) is 13.2 Å². The Kier molecular flexibility index (Phi) is 66.7. The molecule has 0 aliphatic heterocycles. The molecule has 0 amide bonds. The molecule has 0 bridgehead atoms. The summed E-state index contributed by atoms with van der Waals surface area (Å²) in [5.74, 6) is -0.893. The Morgan fingerprint density at radius 1 is 0.253 bits per heavy atom. The highest BCUT2D eigenvalue weighted by atomic mass is 16.6. The largest absolute Gasteiger partial charge is 0.462 e. The van der Waals surface area contributed by atoms with Gasteiger partial charge in [-0.25, -0.2) is 0 Å². The number of hydrogen-bond acceptors (Lipinski definition) is 6. The third-order valence-electron chi connectivity index (χ3n) is 14.9. The maximum absolute atomic E-state index is 12.9. The Balaban J connectivity index is 4.23. The maximum atomic E-state index is 12.9. The Bertz CT molecular complexity index is 1700.